The molecule has 1 aromatic rings. The molecule has 7 heteroatoms. The number of ketones is 1. The first-order valence-corrected chi connectivity index (χ1v) is 7.53. The van der Waals surface area contributed by atoms with Crippen LogP contribution in [0.3, 0.4) is 0 Å². The number of carbonyl (C=O) groups is 1. The number of carbonyl (C=O) groups excluding carboxylic acids is 1. The molecule has 0 unspecified atom stereocenters. The number of hydrogen-bond donors (Lipinski definition) is 2. The van der Waals surface area contributed by atoms with Gasteiger partial charge in [-0.1, -0.05) is 43.0 Å². The molecule has 0 aliphatic heterocycles. The molecule has 0 amide bonds. The van der Waals surface area contributed by atoms with Crippen LogP contribution in [0.1, 0.15) is 12.0 Å². The number of rotatable bonds is 6. The van der Waals surface area contributed by atoms with Gasteiger partial charge in [0.15, 0.2) is 5.78 Å². The summed E-state index contributed by atoms with van der Waals surface area (Å²) < 4.78 is 0. The van der Waals surface area contributed by atoms with Crippen molar-refractivity contribution in [1.29, 1.82) is 5.26 Å². The lowest BCUT2D eigenvalue weighted by molar-refractivity contribution is -0.114. The average Bonchev–Trinajstić information content (AvgIpc) is 2.50. The summed E-state index contributed by atoms with van der Waals surface area (Å²) in [6.45, 7) is 3.34. The number of nitrogens with zero attached hydrogens (tertiary/aromatic N) is 1. The Morgan fingerprint density at radius 3 is 2.86 bits per heavy atom. The minimum atomic E-state index is -0.304. The van der Waals surface area contributed by atoms with Crippen molar-refractivity contribution in [1.82, 2.24) is 0 Å². The normalized spacial score (nSPS) is 10.7. The highest BCUT2D eigenvalue weighted by atomic mass is 35.5. The molecular weight excluding hydrogens is 319 g/mol. The van der Waals surface area contributed by atoms with Gasteiger partial charge in [-0.25, -0.2) is 5.26 Å². The maximum atomic E-state index is 12.1. The van der Waals surface area contributed by atoms with Gasteiger partial charge in [0.25, 0.3) is 6.71 Å². The third kappa shape index (κ3) is 4.87. The van der Waals surface area contributed by atoms with E-state index in [-0.39, 0.29) is 29.5 Å². The highest BCUT2D eigenvalue weighted by molar-refractivity contribution is 7.81. The van der Waals surface area contributed by atoms with E-state index in [4.69, 9.17) is 29.1 Å². The molecule has 0 spiro atoms. The number of nitrogens with one attached hydrogen (secondary N) is 1. The molecular formula is C15H16BClN2O2S. The number of anilines is 1. The van der Waals surface area contributed by atoms with Gasteiger partial charge >= 0.3 is 0 Å². The number of halogens is 1. The van der Waals surface area contributed by atoms with Crippen LogP contribution in [0.5, 0.6) is 0 Å². The topological polar surface area (TPSA) is 73.1 Å². The fourth-order valence-corrected chi connectivity index (χ4v) is 2.19. The predicted molar refractivity (Wildman–Crippen MR) is 94.8 cm³/mol. The fourth-order valence-electron chi connectivity index (χ4n) is 1.74. The summed E-state index contributed by atoms with van der Waals surface area (Å²) in [5, 5.41) is 21.5. The molecule has 114 valence electrons. The Balaban J connectivity index is 2.79. The number of aliphatic hydroxyl groups excluding tert-OH is 1. The van der Waals surface area contributed by atoms with Gasteiger partial charge in [0.1, 0.15) is 4.99 Å². The van der Waals surface area contributed by atoms with Gasteiger partial charge in [-0.3, -0.25) is 4.79 Å². The largest absolute Gasteiger partial charge is 0.515 e. The van der Waals surface area contributed by atoms with Crippen LogP contribution >= 0.6 is 23.8 Å². The van der Waals surface area contributed by atoms with Gasteiger partial charge in [-0.05, 0) is 24.6 Å². The molecule has 0 aliphatic carbocycles. The highest BCUT2D eigenvalue weighted by Crippen LogP contribution is 2.23. The molecule has 1 rings (SSSR count). The van der Waals surface area contributed by atoms with Crippen LogP contribution < -0.4 is 5.32 Å². The molecule has 0 atom stereocenters. The van der Waals surface area contributed by atoms with Gasteiger partial charge in [0, 0.05) is 23.1 Å². The number of nitriles is 1. The van der Waals surface area contributed by atoms with Crippen LogP contribution in [-0.2, 0) is 4.79 Å². The van der Waals surface area contributed by atoms with E-state index in [1.807, 2.05) is 6.92 Å². The van der Waals surface area contributed by atoms with E-state index >= 15 is 0 Å². The van der Waals surface area contributed by atoms with Crippen LogP contribution in [0.4, 0.5) is 5.69 Å². The lowest BCUT2D eigenvalue weighted by Crippen LogP contribution is -2.20. The maximum absolute atomic E-state index is 12.1. The fraction of sp³-hybridized carbons (Fsp3) is 0.267. The molecule has 0 saturated carbocycles. The molecule has 0 fully saturated rings. The van der Waals surface area contributed by atoms with Crippen molar-refractivity contribution in [2.24, 2.45) is 0 Å². The Labute approximate surface area is 140 Å². The minimum absolute atomic E-state index is 0.0273. The number of thiocarbonyl (C=S) groups is 1. The van der Waals surface area contributed by atoms with Gasteiger partial charge in [-0.15, -0.1) is 0 Å². The second-order valence-corrected chi connectivity index (χ2v) is 5.72. The molecule has 2 N–H and O–H groups in total. The summed E-state index contributed by atoms with van der Waals surface area (Å²) in [4.78, 5) is 12.2. The van der Waals surface area contributed by atoms with Crippen LogP contribution in [0.2, 0.25) is 18.2 Å². The Morgan fingerprint density at radius 1 is 1.59 bits per heavy atom. The van der Waals surface area contributed by atoms with Crippen molar-refractivity contribution in [2.45, 2.75) is 26.5 Å². The molecule has 0 bridgehead atoms. The van der Waals surface area contributed by atoms with Gasteiger partial charge < -0.3 is 10.4 Å². The molecule has 0 saturated heterocycles. The second-order valence-electron chi connectivity index (χ2n) is 4.90. The molecule has 22 heavy (non-hydrogen) atoms. The van der Waals surface area contributed by atoms with Gasteiger partial charge in [0.2, 0.25) is 0 Å². The molecule has 0 aromatic heterocycles. The molecule has 0 heterocycles. The Bertz CT molecular complexity index is 655. The Hall–Kier alpha value is -1.84. The van der Waals surface area contributed by atoms with Crippen LogP contribution in [0.15, 0.2) is 30.0 Å². The first-order valence-electron chi connectivity index (χ1n) is 6.74. The van der Waals surface area contributed by atoms with Crippen molar-refractivity contribution < 1.29 is 9.90 Å². The van der Waals surface area contributed by atoms with E-state index in [1.165, 1.54) is 0 Å². The number of benzene rings is 1. The quantitative estimate of drug-likeness (QED) is 0.356. The zero-order chi connectivity index (χ0) is 16.7. The van der Waals surface area contributed by atoms with Crippen molar-refractivity contribution in [2.75, 3.05) is 5.32 Å². The van der Waals surface area contributed by atoms with Crippen molar-refractivity contribution >= 4 is 47.0 Å². The lowest BCUT2D eigenvalue weighted by atomic mass is 9.50. The summed E-state index contributed by atoms with van der Waals surface area (Å²) in [6, 6.07) is 5.30. The summed E-state index contributed by atoms with van der Waals surface area (Å²) in [5.41, 5.74) is 1.50. The number of Topliss-reactive ketones (excluding diaryl/α,β-unsaturated/α-hetero) is 1. The lowest BCUT2D eigenvalue weighted by Gasteiger charge is -2.13. The molecule has 0 radical (unpaired) electrons. The van der Waals surface area contributed by atoms with E-state index in [1.54, 1.807) is 25.0 Å². The zero-order valence-corrected chi connectivity index (χ0v) is 14.0. The van der Waals surface area contributed by atoms with E-state index in [2.05, 4.69) is 11.3 Å². The van der Waals surface area contributed by atoms with Crippen LogP contribution in [-0.4, -0.2) is 22.6 Å². The van der Waals surface area contributed by atoms with E-state index in [9.17, 15) is 9.90 Å². The smallest absolute Gasteiger partial charge is 0.265 e. The Morgan fingerprint density at radius 2 is 2.27 bits per heavy atom. The Kier molecular flexibility index (Phi) is 7.10. The zero-order valence-electron chi connectivity index (χ0n) is 12.4. The molecule has 1 aromatic carbocycles. The van der Waals surface area contributed by atoms with Crippen LogP contribution in [0.25, 0.3) is 0 Å². The average molecular weight is 335 g/mol. The van der Waals surface area contributed by atoms with E-state index in [0.29, 0.717) is 23.3 Å². The number of hydrogen-bond acceptors (Lipinski definition) is 4. The summed E-state index contributed by atoms with van der Waals surface area (Å²) in [7, 11) is 0. The third-order valence-corrected chi connectivity index (χ3v) is 3.95. The maximum Gasteiger partial charge on any atom is 0.265 e. The van der Waals surface area contributed by atoms with Crippen molar-refractivity contribution in [3.05, 3.63) is 40.6 Å². The minimum Gasteiger partial charge on any atom is -0.515 e. The van der Waals surface area contributed by atoms with E-state index in [0.717, 1.165) is 5.56 Å². The monoisotopic (exact) mass is 334 g/mol. The summed E-state index contributed by atoms with van der Waals surface area (Å²) in [5.74, 6) is 1.76. The van der Waals surface area contributed by atoms with Gasteiger partial charge in [0.05, 0.1) is 11.8 Å². The van der Waals surface area contributed by atoms with Crippen molar-refractivity contribution in [3.63, 3.8) is 0 Å². The first kappa shape index (κ1) is 18.2. The van der Waals surface area contributed by atoms with Gasteiger partial charge in [-0.2, -0.15) is 0 Å². The summed E-state index contributed by atoms with van der Waals surface area (Å²) >= 11 is 11.2. The van der Waals surface area contributed by atoms with Crippen LogP contribution in [0, 0.1) is 18.2 Å². The molecule has 0 aliphatic rings. The third-order valence-electron chi connectivity index (χ3n) is 3.21. The number of aliphatic hydroxyl groups is 1. The first-order chi connectivity index (χ1) is 10.4. The SMILES string of the molecule is CB(C#N)CCC(=O)/C(=C/O)C(=S)Nc1cccc(Cl)c1C. The van der Waals surface area contributed by atoms with Crippen molar-refractivity contribution in [3.8, 4) is 5.97 Å². The van der Waals surface area contributed by atoms with E-state index < -0.39 is 0 Å². The predicted octanol–water partition coefficient (Wildman–Crippen LogP) is 3.98. The molecule has 4 nitrogen and oxygen atoms in total. The second kappa shape index (κ2) is 8.57. The standard InChI is InChI=1S/C15H16BClN2O2S/c1-10-12(17)4-3-5-13(10)19-15(22)11(8-20)14(21)6-7-16(2)9-18/h3-5,8,20H,6-7H2,1-2H3,(H,19,22)/b11-8-. The summed E-state index contributed by atoms with van der Waals surface area (Å²) in [6.07, 6.45) is 1.28. The highest BCUT2D eigenvalue weighted by Gasteiger charge is 2.18.